The summed E-state index contributed by atoms with van der Waals surface area (Å²) in [6.45, 7) is 3.04. The van der Waals surface area contributed by atoms with E-state index in [0.29, 0.717) is 25.8 Å². The third-order valence-corrected chi connectivity index (χ3v) is 10.5. The van der Waals surface area contributed by atoms with E-state index in [4.69, 9.17) is 23.2 Å². The zero-order chi connectivity index (χ0) is 30.4. The second-order valence-electron chi connectivity index (χ2n) is 10.6. The monoisotopic (exact) mass is 693 g/mol. The van der Waals surface area contributed by atoms with Crippen molar-refractivity contribution in [3.05, 3.63) is 92.4 Å². The molecule has 11 heteroatoms. The molecule has 0 aromatic heterocycles. The molecule has 3 aromatic rings. The highest BCUT2D eigenvalue weighted by Gasteiger charge is 2.33. The predicted molar refractivity (Wildman–Crippen MR) is 171 cm³/mol. The molecule has 1 N–H and O–H groups in total. The molecule has 1 aliphatic rings. The van der Waals surface area contributed by atoms with Gasteiger partial charge in [-0.05, 0) is 74.7 Å². The van der Waals surface area contributed by atoms with E-state index in [1.807, 2.05) is 6.92 Å². The van der Waals surface area contributed by atoms with Crippen LogP contribution in [0.5, 0.6) is 0 Å². The van der Waals surface area contributed by atoms with E-state index in [-0.39, 0.29) is 23.4 Å². The molecule has 42 heavy (non-hydrogen) atoms. The van der Waals surface area contributed by atoms with Crippen molar-refractivity contribution in [2.24, 2.45) is 0 Å². The minimum atomic E-state index is -4.14. The first-order valence-electron chi connectivity index (χ1n) is 13.8. The smallest absolute Gasteiger partial charge is 0.264 e. The Hall–Kier alpha value is -2.59. The number of carbonyl (C=O) groups excluding carboxylic acids is 2. The van der Waals surface area contributed by atoms with Crippen molar-refractivity contribution in [1.82, 2.24) is 10.2 Å². The maximum atomic E-state index is 14.1. The molecule has 1 atom stereocenters. The summed E-state index contributed by atoms with van der Waals surface area (Å²) in [4.78, 5) is 29.0. The van der Waals surface area contributed by atoms with Gasteiger partial charge in [0.1, 0.15) is 12.6 Å². The highest BCUT2D eigenvalue weighted by Crippen LogP contribution is 2.28. The Kier molecular flexibility index (Phi) is 11.0. The zero-order valence-corrected chi connectivity index (χ0v) is 27.4. The van der Waals surface area contributed by atoms with E-state index in [2.05, 4.69) is 21.2 Å². The quantitative estimate of drug-likeness (QED) is 0.245. The molecule has 0 aliphatic heterocycles. The van der Waals surface area contributed by atoms with Crippen LogP contribution in [0.1, 0.15) is 50.2 Å². The van der Waals surface area contributed by atoms with E-state index in [1.165, 1.54) is 17.0 Å². The zero-order valence-electron chi connectivity index (χ0n) is 23.5. The van der Waals surface area contributed by atoms with Gasteiger partial charge in [-0.2, -0.15) is 0 Å². The number of amides is 2. The van der Waals surface area contributed by atoms with Crippen molar-refractivity contribution in [2.45, 2.75) is 69.5 Å². The Balaban J connectivity index is 1.69. The summed E-state index contributed by atoms with van der Waals surface area (Å²) in [5.41, 5.74) is 1.88. The molecule has 7 nitrogen and oxygen atoms in total. The molecule has 0 radical (unpaired) electrons. The Morgan fingerprint density at radius 2 is 1.67 bits per heavy atom. The Morgan fingerprint density at radius 3 is 2.31 bits per heavy atom. The summed E-state index contributed by atoms with van der Waals surface area (Å²) in [6, 6.07) is 17.4. The average Bonchev–Trinajstić information content (AvgIpc) is 2.96. The minimum Gasteiger partial charge on any atom is -0.352 e. The number of hydrogen-bond donors (Lipinski definition) is 1. The fourth-order valence-electron chi connectivity index (χ4n) is 4.98. The molecule has 0 unspecified atom stereocenters. The van der Waals surface area contributed by atoms with Crippen LogP contribution in [-0.2, 0) is 26.2 Å². The van der Waals surface area contributed by atoms with Crippen LogP contribution in [0.2, 0.25) is 10.0 Å². The van der Waals surface area contributed by atoms with Crippen LogP contribution in [0.3, 0.4) is 0 Å². The highest BCUT2D eigenvalue weighted by atomic mass is 79.9. The molecule has 4 rings (SSSR count). The number of aryl methyl sites for hydroxylation is 1. The van der Waals surface area contributed by atoms with Crippen LogP contribution in [-0.4, -0.2) is 43.8 Å². The van der Waals surface area contributed by atoms with Crippen molar-refractivity contribution < 1.29 is 18.0 Å². The van der Waals surface area contributed by atoms with Gasteiger partial charge in [-0.25, -0.2) is 8.42 Å². The van der Waals surface area contributed by atoms with Gasteiger partial charge in [0.05, 0.1) is 20.6 Å². The van der Waals surface area contributed by atoms with Crippen LogP contribution < -0.4 is 9.62 Å². The first-order valence-corrected chi connectivity index (χ1v) is 16.8. The number of halogens is 3. The number of carbonyl (C=O) groups is 2. The topological polar surface area (TPSA) is 86.8 Å². The molecule has 0 heterocycles. The molecular formula is C31H34BrCl2N3O4S. The van der Waals surface area contributed by atoms with E-state index < -0.39 is 28.5 Å². The molecule has 0 bridgehead atoms. The van der Waals surface area contributed by atoms with Gasteiger partial charge in [0.25, 0.3) is 10.0 Å². The van der Waals surface area contributed by atoms with Crippen LogP contribution >= 0.6 is 39.1 Å². The van der Waals surface area contributed by atoms with Crippen molar-refractivity contribution in [3.8, 4) is 0 Å². The number of benzene rings is 3. The molecule has 2 amide bonds. The normalized spacial score (nSPS) is 14.7. The van der Waals surface area contributed by atoms with Gasteiger partial charge >= 0.3 is 0 Å². The first kappa shape index (κ1) is 32.3. The van der Waals surface area contributed by atoms with Crippen molar-refractivity contribution >= 4 is 66.7 Å². The van der Waals surface area contributed by atoms with Crippen molar-refractivity contribution in [3.63, 3.8) is 0 Å². The summed E-state index contributed by atoms with van der Waals surface area (Å²) in [6.07, 6.45) is 5.02. The summed E-state index contributed by atoms with van der Waals surface area (Å²) >= 11 is 15.8. The van der Waals surface area contributed by atoms with Crippen LogP contribution in [0.25, 0.3) is 0 Å². The maximum absolute atomic E-state index is 14.1. The summed E-state index contributed by atoms with van der Waals surface area (Å²) in [5.74, 6) is -0.825. The number of anilines is 1. The predicted octanol–water partition coefficient (Wildman–Crippen LogP) is 7.13. The van der Waals surface area contributed by atoms with E-state index in [0.717, 1.165) is 42.0 Å². The molecule has 224 valence electrons. The molecule has 1 aliphatic carbocycles. The number of sulfonamides is 1. The van der Waals surface area contributed by atoms with Gasteiger partial charge < -0.3 is 10.2 Å². The third kappa shape index (κ3) is 8.07. The van der Waals surface area contributed by atoms with Gasteiger partial charge in [-0.15, -0.1) is 0 Å². The number of nitrogens with one attached hydrogen (secondary N) is 1. The SMILES string of the molecule is Cc1ccc(S(=O)(=O)N(CC(=O)N(Cc2ccc(Cl)c(Cl)c2)[C@@H](C)C(=O)NC2CCCCC2)c2cccc(Br)c2)cc1. The number of nitrogens with zero attached hydrogens (tertiary/aromatic N) is 2. The lowest BCUT2D eigenvalue weighted by molar-refractivity contribution is -0.139. The lowest BCUT2D eigenvalue weighted by Gasteiger charge is -2.33. The maximum Gasteiger partial charge on any atom is 0.264 e. The van der Waals surface area contributed by atoms with Crippen molar-refractivity contribution in [1.29, 1.82) is 0 Å². The molecule has 0 spiro atoms. The summed E-state index contributed by atoms with van der Waals surface area (Å²) in [7, 11) is -4.14. The van der Waals surface area contributed by atoms with Crippen LogP contribution in [0.4, 0.5) is 5.69 Å². The molecule has 1 fully saturated rings. The fraction of sp³-hybridized carbons (Fsp3) is 0.355. The molecule has 0 saturated heterocycles. The Labute approximate surface area is 266 Å². The summed E-state index contributed by atoms with van der Waals surface area (Å²) < 4.78 is 29.6. The van der Waals surface area contributed by atoms with Gasteiger partial charge in [0.15, 0.2) is 0 Å². The second kappa shape index (κ2) is 14.3. The fourth-order valence-corrected chi connectivity index (χ4v) is 7.10. The van der Waals surface area contributed by atoms with E-state index in [9.17, 15) is 18.0 Å². The summed E-state index contributed by atoms with van der Waals surface area (Å²) in [5, 5.41) is 3.78. The Bertz CT molecular complexity index is 1530. The van der Waals surface area contributed by atoms with E-state index in [1.54, 1.807) is 61.5 Å². The van der Waals surface area contributed by atoms with Crippen LogP contribution in [0, 0.1) is 6.92 Å². The standard InChI is InChI=1S/C31H34BrCl2N3O4S/c1-21-11-14-27(15-12-21)42(40,41)37(26-10-6-7-24(32)18-26)20-30(38)36(19-23-13-16-28(33)29(34)17-23)22(2)31(39)35-25-8-4-3-5-9-25/h6-7,10-18,22,25H,3-5,8-9,19-20H2,1-2H3,(H,35,39)/t22-/m0/s1. The Morgan fingerprint density at radius 1 is 0.976 bits per heavy atom. The van der Waals surface area contributed by atoms with Crippen molar-refractivity contribution in [2.75, 3.05) is 10.8 Å². The van der Waals surface area contributed by atoms with Crippen LogP contribution in [0.15, 0.2) is 76.1 Å². The largest absolute Gasteiger partial charge is 0.352 e. The highest BCUT2D eigenvalue weighted by molar-refractivity contribution is 9.10. The van der Waals surface area contributed by atoms with E-state index >= 15 is 0 Å². The molecule has 1 saturated carbocycles. The van der Waals surface area contributed by atoms with Gasteiger partial charge in [0, 0.05) is 17.1 Å². The lowest BCUT2D eigenvalue weighted by Crippen LogP contribution is -2.53. The lowest BCUT2D eigenvalue weighted by atomic mass is 9.95. The van der Waals surface area contributed by atoms with Gasteiger partial charge in [0.2, 0.25) is 11.8 Å². The average molecular weight is 696 g/mol. The molecule has 3 aromatic carbocycles. The minimum absolute atomic E-state index is 0.0336. The third-order valence-electron chi connectivity index (χ3n) is 7.44. The number of hydrogen-bond acceptors (Lipinski definition) is 4. The number of rotatable bonds is 10. The molecular weight excluding hydrogens is 661 g/mol. The first-order chi connectivity index (χ1) is 20.0. The van der Waals surface area contributed by atoms with Gasteiger partial charge in [-0.3, -0.25) is 13.9 Å². The second-order valence-corrected chi connectivity index (χ2v) is 14.2. The van der Waals surface area contributed by atoms with Gasteiger partial charge in [-0.1, -0.05) is 88.2 Å².